The van der Waals surface area contributed by atoms with Crippen LogP contribution in [-0.2, 0) is 16.2 Å². The highest BCUT2D eigenvalue weighted by atomic mass is 35.5. The summed E-state index contributed by atoms with van der Waals surface area (Å²) in [5.41, 5.74) is -1.81. The number of halogens is 5. The van der Waals surface area contributed by atoms with Crippen LogP contribution in [0.1, 0.15) is 5.56 Å². The molecule has 0 spiro atoms. The van der Waals surface area contributed by atoms with Crippen molar-refractivity contribution in [3.05, 3.63) is 39.4 Å². The zero-order chi connectivity index (χ0) is 15.8. The van der Waals surface area contributed by atoms with E-state index in [1.165, 1.54) is 0 Å². The summed E-state index contributed by atoms with van der Waals surface area (Å²) in [4.78, 5) is 3.53. The van der Waals surface area contributed by atoms with Gasteiger partial charge in [0.1, 0.15) is 0 Å². The van der Waals surface area contributed by atoms with Gasteiger partial charge >= 0.3 is 6.18 Å². The molecule has 2 aromatic rings. The number of sulfonamides is 1. The van der Waals surface area contributed by atoms with Crippen LogP contribution in [0.15, 0.2) is 28.6 Å². The van der Waals surface area contributed by atoms with Crippen LogP contribution in [0.4, 0.5) is 18.9 Å². The van der Waals surface area contributed by atoms with Crippen molar-refractivity contribution in [3.8, 4) is 0 Å². The third-order valence-corrected chi connectivity index (χ3v) is 5.43. The predicted octanol–water partition coefficient (Wildman–Crippen LogP) is 4.27. The minimum Gasteiger partial charge on any atom is -0.278 e. The zero-order valence-corrected chi connectivity index (χ0v) is 12.9. The normalized spacial score (nSPS) is 12.4. The third kappa shape index (κ3) is 3.79. The van der Waals surface area contributed by atoms with Crippen LogP contribution in [0.25, 0.3) is 0 Å². The first-order valence-electron chi connectivity index (χ1n) is 5.10. The number of hydrogen-bond acceptors (Lipinski definition) is 4. The maximum absolute atomic E-state index is 12.9. The average molecular weight is 377 g/mol. The molecule has 0 atom stereocenters. The molecule has 114 valence electrons. The van der Waals surface area contributed by atoms with E-state index in [0.29, 0.717) is 17.4 Å². The van der Waals surface area contributed by atoms with Gasteiger partial charge in [-0.25, -0.2) is 13.4 Å². The van der Waals surface area contributed by atoms with Crippen LogP contribution < -0.4 is 4.72 Å². The number of benzene rings is 1. The molecule has 0 bridgehead atoms. The van der Waals surface area contributed by atoms with E-state index in [-0.39, 0.29) is 13.7 Å². The molecule has 0 amide bonds. The van der Waals surface area contributed by atoms with Gasteiger partial charge in [-0.3, -0.25) is 4.72 Å². The third-order valence-electron chi connectivity index (χ3n) is 2.25. The second kappa shape index (κ2) is 5.64. The predicted molar refractivity (Wildman–Crippen MR) is 74.4 cm³/mol. The lowest BCUT2D eigenvalue weighted by molar-refractivity contribution is -0.136. The maximum Gasteiger partial charge on any atom is 0.418 e. The van der Waals surface area contributed by atoms with Gasteiger partial charge in [0, 0.05) is 5.02 Å². The molecular weight excluding hydrogens is 372 g/mol. The highest BCUT2D eigenvalue weighted by Crippen LogP contribution is 2.37. The van der Waals surface area contributed by atoms with Crippen molar-refractivity contribution >= 4 is 50.2 Å². The Balaban J connectivity index is 2.45. The lowest BCUT2D eigenvalue weighted by atomic mass is 10.2. The fraction of sp³-hybridized carbons (Fsp3) is 0.100. The van der Waals surface area contributed by atoms with E-state index in [1.54, 1.807) is 0 Å². The minimum absolute atomic E-state index is 0.0393. The highest BCUT2D eigenvalue weighted by Gasteiger charge is 2.35. The second-order valence-corrected chi connectivity index (χ2v) is 7.68. The van der Waals surface area contributed by atoms with Gasteiger partial charge in [-0.15, -0.1) is 0 Å². The van der Waals surface area contributed by atoms with E-state index in [9.17, 15) is 21.6 Å². The van der Waals surface area contributed by atoms with Crippen LogP contribution in [0.2, 0.25) is 9.49 Å². The van der Waals surface area contributed by atoms with Crippen molar-refractivity contribution in [1.29, 1.82) is 0 Å². The number of alkyl halides is 3. The molecule has 11 heteroatoms. The van der Waals surface area contributed by atoms with Crippen molar-refractivity contribution in [3.63, 3.8) is 0 Å². The van der Waals surface area contributed by atoms with Gasteiger partial charge in [-0.1, -0.05) is 34.5 Å². The monoisotopic (exact) mass is 376 g/mol. The number of hydrogen-bond donors (Lipinski definition) is 1. The first-order valence-corrected chi connectivity index (χ1v) is 8.16. The molecule has 0 radical (unpaired) electrons. The standard InChI is InChI=1S/C10H5Cl2F3N2O2S2/c11-5-1-2-7(6(3-5)10(13,14)15)17-21(18,19)8-4-16-9(12)20-8/h1-4,17H. The molecule has 0 aliphatic carbocycles. The summed E-state index contributed by atoms with van der Waals surface area (Å²) in [6.45, 7) is 0. The number of aromatic nitrogens is 1. The van der Waals surface area contributed by atoms with E-state index in [1.807, 2.05) is 4.72 Å². The lowest BCUT2D eigenvalue weighted by Gasteiger charge is -2.14. The van der Waals surface area contributed by atoms with Crippen molar-refractivity contribution in [2.45, 2.75) is 10.4 Å². The molecule has 1 aromatic heterocycles. The van der Waals surface area contributed by atoms with Gasteiger partial charge in [0.25, 0.3) is 10.0 Å². The molecule has 0 saturated heterocycles. The van der Waals surface area contributed by atoms with Gasteiger partial charge in [0.05, 0.1) is 17.4 Å². The molecule has 0 aliphatic rings. The van der Waals surface area contributed by atoms with Crippen LogP contribution >= 0.6 is 34.5 Å². The van der Waals surface area contributed by atoms with E-state index < -0.39 is 27.5 Å². The Morgan fingerprint density at radius 3 is 2.43 bits per heavy atom. The fourth-order valence-electron chi connectivity index (χ4n) is 1.40. The first kappa shape index (κ1) is 16.3. The van der Waals surface area contributed by atoms with Crippen molar-refractivity contribution in [1.82, 2.24) is 4.98 Å². The molecule has 21 heavy (non-hydrogen) atoms. The number of anilines is 1. The van der Waals surface area contributed by atoms with Crippen molar-refractivity contribution in [2.75, 3.05) is 4.72 Å². The molecule has 0 saturated carbocycles. The molecule has 2 rings (SSSR count). The molecule has 0 unspecified atom stereocenters. The average Bonchev–Trinajstić information content (AvgIpc) is 2.77. The van der Waals surface area contributed by atoms with Gasteiger partial charge in [0.15, 0.2) is 8.68 Å². The Bertz CT molecular complexity index is 775. The zero-order valence-electron chi connectivity index (χ0n) is 9.78. The number of thiazole rings is 1. The van der Waals surface area contributed by atoms with E-state index in [0.717, 1.165) is 18.3 Å². The minimum atomic E-state index is -4.76. The Kier molecular flexibility index (Phi) is 4.39. The lowest BCUT2D eigenvalue weighted by Crippen LogP contribution is -2.16. The van der Waals surface area contributed by atoms with Crippen molar-refractivity contribution < 1.29 is 21.6 Å². The summed E-state index contributed by atoms with van der Waals surface area (Å²) in [5, 5.41) is -0.161. The maximum atomic E-state index is 12.9. The van der Waals surface area contributed by atoms with E-state index >= 15 is 0 Å². The summed E-state index contributed by atoms with van der Waals surface area (Å²) < 4.78 is 64.1. The topological polar surface area (TPSA) is 59.1 Å². The molecule has 0 aliphatic heterocycles. The van der Waals surface area contributed by atoms with Crippen LogP contribution in [0.5, 0.6) is 0 Å². The molecule has 1 heterocycles. The number of nitrogens with zero attached hydrogens (tertiary/aromatic N) is 1. The summed E-state index contributed by atoms with van der Waals surface area (Å²) in [6, 6.07) is 2.72. The highest BCUT2D eigenvalue weighted by molar-refractivity contribution is 7.94. The van der Waals surface area contributed by atoms with E-state index in [4.69, 9.17) is 23.2 Å². The van der Waals surface area contributed by atoms with Gasteiger partial charge in [-0.05, 0) is 18.2 Å². The first-order chi connectivity index (χ1) is 9.59. The van der Waals surface area contributed by atoms with Gasteiger partial charge in [0.2, 0.25) is 0 Å². The quantitative estimate of drug-likeness (QED) is 0.869. The summed E-state index contributed by atoms with van der Waals surface area (Å²) in [6.07, 6.45) is -3.80. The fourth-order valence-corrected chi connectivity index (χ4v) is 3.94. The van der Waals surface area contributed by atoms with Crippen LogP contribution in [0.3, 0.4) is 0 Å². The molecule has 0 fully saturated rings. The Morgan fingerprint density at radius 2 is 1.90 bits per heavy atom. The SMILES string of the molecule is O=S(=O)(Nc1ccc(Cl)cc1C(F)(F)F)c1cnc(Cl)s1. The second-order valence-electron chi connectivity index (χ2n) is 3.73. The molecule has 1 aromatic carbocycles. The summed E-state index contributed by atoms with van der Waals surface area (Å²) >= 11 is 11.7. The molecular formula is C10H5Cl2F3N2O2S2. The number of rotatable bonds is 3. The van der Waals surface area contributed by atoms with Crippen LogP contribution in [-0.4, -0.2) is 13.4 Å². The molecule has 1 N–H and O–H groups in total. The van der Waals surface area contributed by atoms with Gasteiger partial charge < -0.3 is 0 Å². The van der Waals surface area contributed by atoms with Crippen LogP contribution in [0, 0.1) is 0 Å². The largest absolute Gasteiger partial charge is 0.418 e. The molecule has 4 nitrogen and oxygen atoms in total. The van der Waals surface area contributed by atoms with E-state index in [2.05, 4.69) is 4.98 Å². The van der Waals surface area contributed by atoms with Gasteiger partial charge in [-0.2, -0.15) is 13.2 Å². The Morgan fingerprint density at radius 1 is 1.24 bits per heavy atom. The smallest absolute Gasteiger partial charge is 0.278 e. The summed E-state index contributed by atoms with van der Waals surface area (Å²) in [7, 11) is -4.21. The summed E-state index contributed by atoms with van der Waals surface area (Å²) in [5.74, 6) is 0. The Labute approximate surface area is 131 Å². The van der Waals surface area contributed by atoms with Crippen molar-refractivity contribution in [2.24, 2.45) is 0 Å². The Hall–Kier alpha value is -1.03. The number of nitrogens with one attached hydrogen (secondary N) is 1.